The van der Waals surface area contributed by atoms with Crippen molar-refractivity contribution in [2.45, 2.75) is 97.0 Å². The van der Waals surface area contributed by atoms with Crippen LogP contribution in [0.3, 0.4) is 0 Å². The second-order valence-electron chi connectivity index (χ2n) is 15.2. The zero-order chi connectivity index (χ0) is 37.6. The van der Waals surface area contributed by atoms with Crippen molar-refractivity contribution in [1.29, 1.82) is 5.41 Å². The third-order valence-electron chi connectivity index (χ3n) is 10.8. The van der Waals surface area contributed by atoms with E-state index in [9.17, 15) is 4.79 Å². The third kappa shape index (κ3) is 8.87. The van der Waals surface area contributed by atoms with E-state index in [1.165, 1.54) is 6.42 Å². The Morgan fingerprint density at radius 1 is 0.981 bits per heavy atom. The van der Waals surface area contributed by atoms with E-state index in [0.29, 0.717) is 30.0 Å². The number of carbonyl (C=O) groups is 1. The number of aromatic nitrogens is 5. The van der Waals surface area contributed by atoms with E-state index in [-0.39, 0.29) is 24.1 Å². The Labute approximate surface area is 317 Å². The minimum absolute atomic E-state index is 0.0108. The first kappa shape index (κ1) is 37.4. The molecule has 2 aliphatic heterocycles. The number of pyridine rings is 1. The van der Waals surface area contributed by atoms with Gasteiger partial charge in [-0.15, -0.1) is 10.2 Å². The van der Waals surface area contributed by atoms with Crippen LogP contribution in [0.5, 0.6) is 5.75 Å². The average molecular weight is 738 g/mol. The van der Waals surface area contributed by atoms with E-state index in [2.05, 4.69) is 67.0 Å². The number of hydrogen-bond donors (Lipinski definition) is 4. The monoisotopic (exact) mass is 737 g/mol. The number of allylic oxidation sites excluding steroid dienone is 1. The summed E-state index contributed by atoms with van der Waals surface area (Å²) in [5.41, 5.74) is 4.00. The van der Waals surface area contributed by atoms with Gasteiger partial charge in [-0.1, -0.05) is 38.1 Å². The largest absolute Gasteiger partial charge is 0.484 e. The smallest absolute Gasteiger partial charge is 0.320 e. The van der Waals surface area contributed by atoms with Crippen molar-refractivity contribution in [2.24, 2.45) is 5.92 Å². The quantitative estimate of drug-likeness (QED) is 0.123. The summed E-state index contributed by atoms with van der Waals surface area (Å²) >= 11 is 0. The molecule has 0 spiro atoms. The SMILES string of the molecule is CC(C)C(=N)/C=C(/NC(=O)N[C@H]1CC[C@@H](Oc2ccc3nnc(N4[C@H](C)CCC[C@@H]4C)n3c2)c2ccccc21)Nc1cnn(CCN2CCCOCC2)c1. The van der Waals surface area contributed by atoms with Gasteiger partial charge in [0.2, 0.25) is 5.95 Å². The van der Waals surface area contributed by atoms with Crippen molar-refractivity contribution in [3.8, 4) is 5.75 Å². The van der Waals surface area contributed by atoms with E-state index in [0.717, 1.165) is 99.2 Å². The van der Waals surface area contributed by atoms with Crippen LogP contribution in [-0.2, 0) is 11.3 Å². The van der Waals surface area contributed by atoms with Crippen LogP contribution in [0.15, 0.2) is 66.9 Å². The Hall–Kier alpha value is -4.95. The number of benzene rings is 1. The highest BCUT2D eigenvalue weighted by atomic mass is 16.5. The van der Waals surface area contributed by atoms with Crippen molar-refractivity contribution in [3.63, 3.8) is 0 Å². The molecule has 5 heterocycles. The van der Waals surface area contributed by atoms with Crippen molar-refractivity contribution in [1.82, 2.24) is 39.9 Å². The van der Waals surface area contributed by atoms with Gasteiger partial charge in [0.1, 0.15) is 17.7 Å². The van der Waals surface area contributed by atoms with Crippen LogP contribution in [0.4, 0.5) is 16.4 Å². The summed E-state index contributed by atoms with van der Waals surface area (Å²) in [5, 5.41) is 31.6. The second kappa shape index (κ2) is 17.0. The number of carbonyl (C=O) groups excluding carboxylic acids is 1. The second-order valence-corrected chi connectivity index (χ2v) is 15.2. The number of amides is 2. The minimum Gasteiger partial charge on any atom is -0.484 e. The molecule has 3 aliphatic rings. The number of nitrogens with zero attached hydrogens (tertiary/aromatic N) is 7. The van der Waals surface area contributed by atoms with Crippen molar-refractivity contribution < 1.29 is 14.3 Å². The molecule has 7 rings (SSSR count). The van der Waals surface area contributed by atoms with Gasteiger partial charge in [0.05, 0.1) is 37.3 Å². The fraction of sp³-hybridized carbons (Fsp3) is 0.525. The molecule has 54 heavy (non-hydrogen) atoms. The zero-order valence-corrected chi connectivity index (χ0v) is 32.0. The fourth-order valence-corrected chi connectivity index (χ4v) is 7.82. The van der Waals surface area contributed by atoms with Crippen LogP contribution >= 0.6 is 0 Å². The first-order valence-corrected chi connectivity index (χ1v) is 19.6. The molecule has 2 saturated heterocycles. The van der Waals surface area contributed by atoms with Gasteiger partial charge in [-0.25, -0.2) is 4.79 Å². The first-order valence-electron chi connectivity index (χ1n) is 19.6. The molecule has 14 heteroatoms. The molecule has 3 aromatic heterocycles. The number of fused-ring (bicyclic) bond motifs is 2. The predicted molar refractivity (Wildman–Crippen MR) is 210 cm³/mol. The average Bonchev–Trinajstić information content (AvgIpc) is 3.69. The molecular formula is C40H55N11O3. The van der Waals surface area contributed by atoms with Gasteiger partial charge in [-0.3, -0.25) is 19.3 Å². The standard InChI is InChI=1S/C40H55N11O3/c1-27(2)34(41)23-37(43-30-24-42-49(25-30)19-18-48-17-8-21-53-22-20-48)45-39(52)44-35-14-15-36(33-12-6-5-11-32(33)35)54-31-13-16-38-46-47-40(50(38)26-31)51-28(3)9-7-10-29(51)4/h5-6,11-13,16,23-29,35-36,41,43H,7-10,14-15,17-22H2,1-4H3,(H2,44,45,52)/b37-23+,41-34?/t28-,29+,35-,36+/m0/s1. The Bertz CT molecular complexity index is 1920. The molecule has 4 atom stereocenters. The number of anilines is 2. The molecule has 288 valence electrons. The van der Waals surface area contributed by atoms with Gasteiger partial charge in [0, 0.05) is 50.2 Å². The van der Waals surface area contributed by atoms with Crippen LogP contribution in [0.2, 0.25) is 0 Å². The lowest BCUT2D eigenvalue weighted by atomic mass is 9.85. The molecule has 2 fully saturated rings. The molecule has 14 nitrogen and oxygen atoms in total. The topological polar surface area (TPSA) is 150 Å². The summed E-state index contributed by atoms with van der Waals surface area (Å²) in [6, 6.07) is 12.3. The lowest BCUT2D eigenvalue weighted by Gasteiger charge is -2.39. The van der Waals surface area contributed by atoms with Gasteiger partial charge in [0.25, 0.3) is 0 Å². The molecule has 2 amide bonds. The Balaban J connectivity index is 1.01. The molecule has 0 unspecified atom stereocenters. The maximum Gasteiger partial charge on any atom is 0.320 e. The van der Waals surface area contributed by atoms with E-state index >= 15 is 0 Å². The Morgan fingerprint density at radius 3 is 2.61 bits per heavy atom. The molecule has 0 bridgehead atoms. The van der Waals surface area contributed by atoms with Crippen LogP contribution in [-0.4, -0.2) is 86.0 Å². The molecule has 0 saturated carbocycles. The van der Waals surface area contributed by atoms with Gasteiger partial charge in [-0.05, 0) is 87.6 Å². The first-order chi connectivity index (χ1) is 26.2. The predicted octanol–water partition coefficient (Wildman–Crippen LogP) is 6.30. The van der Waals surface area contributed by atoms with Gasteiger partial charge >= 0.3 is 6.03 Å². The van der Waals surface area contributed by atoms with Crippen LogP contribution in [0.25, 0.3) is 5.65 Å². The summed E-state index contributed by atoms with van der Waals surface area (Å²) in [7, 11) is 0. The van der Waals surface area contributed by atoms with E-state index in [4.69, 9.17) is 14.9 Å². The van der Waals surface area contributed by atoms with E-state index in [1.54, 1.807) is 12.3 Å². The van der Waals surface area contributed by atoms with E-state index < -0.39 is 0 Å². The molecule has 0 radical (unpaired) electrons. The number of urea groups is 1. The summed E-state index contributed by atoms with van der Waals surface area (Å²) in [6.07, 6.45) is 13.1. The highest BCUT2D eigenvalue weighted by molar-refractivity contribution is 5.95. The maximum atomic E-state index is 13.6. The lowest BCUT2D eigenvalue weighted by Crippen LogP contribution is -2.44. The van der Waals surface area contributed by atoms with Crippen molar-refractivity contribution in [2.75, 3.05) is 43.1 Å². The highest BCUT2D eigenvalue weighted by Crippen LogP contribution is 2.39. The zero-order valence-electron chi connectivity index (χ0n) is 32.0. The number of piperidine rings is 1. The number of nitrogens with one attached hydrogen (secondary N) is 4. The molecule has 4 aromatic rings. The number of ether oxygens (including phenoxy) is 2. The summed E-state index contributed by atoms with van der Waals surface area (Å²) < 4.78 is 16.2. The highest BCUT2D eigenvalue weighted by Gasteiger charge is 2.31. The normalized spacial score (nSPS) is 22.5. The van der Waals surface area contributed by atoms with E-state index in [1.807, 2.05) is 59.6 Å². The molecule has 1 aromatic carbocycles. The van der Waals surface area contributed by atoms with Crippen molar-refractivity contribution >= 4 is 29.0 Å². The minimum atomic E-state index is -0.355. The molecule has 1 aliphatic carbocycles. The summed E-state index contributed by atoms with van der Waals surface area (Å²) in [5.74, 6) is 2.01. The van der Waals surface area contributed by atoms with Gasteiger partial charge < -0.3 is 30.4 Å². The lowest BCUT2D eigenvalue weighted by molar-refractivity contribution is 0.140. The van der Waals surface area contributed by atoms with Gasteiger partial charge in [-0.2, -0.15) is 5.10 Å². The number of rotatable bonds is 12. The van der Waals surface area contributed by atoms with Gasteiger partial charge in [0.15, 0.2) is 5.65 Å². The summed E-state index contributed by atoms with van der Waals surface area (Å²) in [4.78, 5) is 18.4. The maximum absolute atomic E-state index is 13.6. The summed E-state index contributed by atoms with van der Waals surface area (Å²) in [6.45, 7) is 13.6. The van der Waals surface area contributed by atoms with Crippen molar-refractivity contribution in [3.05, 3.63) is 78.0 Å². The molecule has 4 N–H and O–H groups in total. The van der Waals surface area contributed by atoms with Crippen LogP contribution < -0.4 is 25.6 Å². The Kier molecular flexibility index (Phi) is 11.8. The molecular weight excluding hydrogens is 683 g/mol. The fourth-order valence-electron chi connectivity index (χ4n) is 7.82. The van der Waals surface area contributed by atoms with Crippen LogP contribution in [0.1, 0.15) is 89.5 Å². The Morgan fingerprint density at radius 2 is 1.80 bits per heavy atom. The number of hydrogen-bond acceptors (Lipinski definition) is 10. The van der Waals surface area contributed by atoms with Crippen LogP contribution in [0, 0.1) is 11.3 Å². The third-order valence-corrected chi connectivity index (χ3v) is 10.8.